The summed E-state index contributed by atoms with van der Waals surface area (Å²) in [5.74, 6) is 0.484. The first-order valence-electron chi connectivity index (χ1n) is 4.46. The van der Waals surface area contributed by atoms with E-state index >= 15 is 0 Å². The maximum absolute atomic E-state index is 12.0. The molecule has 68 valence electrons. The Hall–Kier alpha value is -0.830. The highest BCUT2D eigenvalue weighted by molar-refractivity contribution is 7.93. The van der Waals surface area contributed by atoms with Crippen LogP contribution in [0, 0.1) is 5.92 Å². The van der Waals surface area contributed by atoms with Crippen molar-refractivity contribution in [1.29, 1.82) is 0 Å². The molecule has 0 unspecified atom stereocenters. The number of fused-ring (bicyclic) bond motifs is 1. The van der Waals surface area contributed by atoms with Crippen molar-refractivity contribution in [2.75, 3.05) is 0 Å². The van der Waals surface area contributed by atoms with Gasteiger partial charge in [-0.15, -0.1) is 0 Å². The molecule has 2 aliphatic rings. The van der Waals surface area contributed by atoms with E-state index < -0.39 is 9.84 Å². The molecule has 0 heterocycles. The van der Waals surface area contributed by atoms with Crippen LogP contribution in [-0.4, -0.2) is 13.2 Å². The smallest absolute Gasteiger partial charge is 0.184 e. The summed E-state index contributed by atoms with van der Waals surface area (Å²) >= 11 is 0. The van der Waals surface area contributed by atoms with E-state index in [-0.39, 0.29) is 4.75 Å². The molecule has 1 aromatic carbocycles. The molecule has 0 radical (unpaired) electrons. The van der Waals surface area contributed by atoms with Gasteiger partial charge in [-0.2, -0.15) is 0 Å². The molecule has 0 amide bonds. The van der Waals surface area contributed by atoms with Crippen molar-refractivity contribution in [3.05, 3.63) is 30.3 Å². The summed E-state index contributed by atoms with van der Waals surface area (Å²) in [5, 5.41) is 0. The van der Waals surface area contributed by atoms with E-state index in [0.717, 1.165) is 12.8 Å². The molecule has 0 N–H and O–H groups in total. The Balaban J connectivity index is 2.10. The van der Waals surface area contributed by atoms with Crippen molar-refractivity contribution in [1.82, 2.24) is 0 Å². The summed E-state index contributed by atoms with van der Waals surface area (Å²) in [6.07, 6.45) is 1.79. The lowest BCUT2D eigenvalue weighted by molar-refractivity contribution is 0.587. The standard InChI is InChI=1S/C10H10O2S/c11-13(12,10-6-8(10)7-10)9-4-2-1-3-5-9/h1-5,8H,6-7H2. The van der Waals surface area contributed by atoms with Crippen molar-refractivity contribution >= 4 is 9.84 Å². The summed E-state index contributed by atoms with van der Waals surface area (Å²) in [5.41, 5.74) is 0. The third-order valence-electron chi connectivity index (χ3n) is 3.20. The minimum Gasteiger partial charge on any atom is -0.223 e. The Morgan fingerprint density at radius 1 is 1.15 bits per heavy atom. The Morgan fingerprint density at radius 3 is 2.15 bits per heavy atom. The van der Waals surface area contributed by atoms with Crippen LogP contribution < -0.4 is 0 Å². The molecule has 3 rings (SSSR count). The van der Waals surface area contributed by atoms with Crippen LogP contribution in [0.2, 0.25) is 0 Å². The third kappa shape index (κ3) is 0.804. The van der Waals surface area contributed by atoms with E-state index in [9.17, 15) is 8.42 Å². The molecule has 2 fully saturated rings. The average molecular weight is 194 g/mol. The molecule has 3 heteroatoms. The van der Waals surface area contributed by atoms with Gasteiger partial charge >= 0.3 is 0 Å². The van der Waals surface area contributed by atoms with Crippen LogP contribution in [-0.2, 0) is 9.84 Å². The fraction of sp³-hybridized carbons (Fsp3) is 0.400. The molecule has 2 saturated carbocycles. The van der Waals surface area contributed by atoms with Crippen LogP contribution in [0.4, 0.5) is 0 Å². The van der Waals surface area contributed by atoms with Crippen molar-refractivity contribution in [3.8, 4) is 0 Å². The fourth-order valence-electron chi connectivity index (χ4n) is 1.93. The number of sulfone groups is 1. The third-order valence-corrected chi connectivity index (χ3v) is 5.83. The minimum atomic E-state index is -2.99. The Labute approximate surface area is 77.5 Å². The van der Waals surface area contributed by atoms with Gasteiger partial charge in [0.15, 0.2) is 9.84 Å². The zero-order valence-electron chi connectivity index (χ0n) is 7.10. The number of hydrogen-bond donors (Lipinski definition) is 0. The monoisotopic (exact) mass is 194 g/mol. The Kier molecular flexibility index (Phi) is 1.15. The van der Waals surface area contributed by atoms with Crippen molar-refractivity contribution < 1.29 is 8.42 Å². The second-order valence-electron chi connectivity index (χ2n) is 3.99. The fourth-order valence-corrected chi connectivity index (χ4v) is 4.19. The number of rotatable bonds is 2. The van der Waals surface area contributed by atoms with Crippen LogP contribution in [0.15, 0.2) is 35.2 Å². The summed E-state index contributed by atoms with van der Waals surface area (Å²) < 4.78 is 23.6. The van der Waals surface area contributed by atoms with Gasteiger partial charge < -0.3 is 0 Å². The van der Waals surface area contributed by atoms with Crippen molar-refractivity contribution in [3.63, 3.8) is 0 Å². The molecule has 0 bridgehead atoms. The van der Waals surface area contributed by atoms with Gasteiger partial charge in [-0.25, -0.2) is 8.42 Å². The Bertz CT molecular complexity index is 441. The maximum Gasteiger partial charge on any atom is 0.184 e. The summed E-state index contributed by atoms with van der Waals surface area (Å²) in [7, 11) is -2.99. The van der Waals surface area contributed by atoms with Gasteiger partial charge in [0.2, 0.25) is 0 Å². The lowest BCUT2D eigenvalue weighted by atomic mass is 10.4. The summed E-state index contributed by atoms with van der Waals surface area (Å²) in [6, 6.07) is 8.79. The van der Waals surface area contributed by atoms with Gasteiger partial charge in [-0.1, -0.05) is 18.2 Å². The summed E-state index contributed by atoms with van der Waals surface area (Å²) in [4.78, 5) is 0.495. The lowest BCUT2D eigenvalue weighted by Crippen LogP contribution is -2.13. The number of hydrogen-bond acceptors (Lipinski definition) is 2. The molecule has 0 saturated heterocycles. The quantitative estimate of drug-likeness (QED) is 0.717. The molecule has 1 aromatic rings. The van der Waals surface area contributed by atoms with Gasteiger partial charge in [0.1, 0.15) is 0 Å². The number of benzene rings is 1. The first kappa shape index (κ1) is 7.56. The lowest BCUT2D eigenvalue weighted by Gasteiger charge is -2.05. The van der Waals surface area contributed by atoms with E-state index in [1.807, 2.05) is 6.07 Å². The van der Waals surface area contributed by atoms with Gasteiger partial charge in [-0.05, 0) is 30.9 Å². The molecular weight excluding hydrogens is 184 g/mol. The van der Waals surface area contributed by atoms with Crippen molar-refractivity contribution in [2.24, 2.45) is 5.92 Å². The average Bonchev–Trinajstić information content (AvgIpc) is 2.92. The molecular formula is C10H10O2S. The SMILES string of the molecule is O=S(=O)(c1ccccc1)C12CC1C2. The van der Waals surface area contributed by atoms with Crippen LogP contribution in [0.1, 0.15) is 12.8 Å². The molecule has 2 aliphatic carbocycles. The van der Waals surface area contributed by atoms with Crippen molar-refractivity contribution in [2.45, 2.75) is 22.5 Å². The molecule has 0 atom stereocenters. The van der Waals surface area contributed by atoms with Gasteiger partial charge in [-0.3, -0.25) is 0 Å². The first-order chi connectivity index (χ1) is 6.17. The zero-order chi connectivity index (χ0) is 9.10. The van der Waals surface area contributed by atoms with Crippen LogP contribution in [0.25, 0.3) is 0 Å². The molecule has 0 aliphatic heterocycles. The van der Waals surface area contributed by atoms with Crippen LogP contribution in [0.5, 0.6) is 0 Å². The van der Waals surface area contributed by atoms with Gasteiger partial charge in [0, 0.05) is 0 Å². The second kappa shape index (κ2) is 1.98. The first-order valence-corrected chi connectivity index (χ1v) is 5.95. The summed E-state index contributed by atoms with van der Waals surface area (Å²) in [6.45, 7) is 0. The van der Waals surface area contributed by atoms with Gasteiger partial charge in [0.25, 0.3) is 0 Å². The highest BCUT2D eigenvalue weighted by Crippen LogP contribution is 2.73. The van der Waals surface area contributed by atoms with E-state index in [0.29, 0.717) is 10.8 Å². The minimum absolute atomic E-state index is 0.311. The second-order valence-corrected chi connectivity index (χ2v) is 6.28. The molecule has 0 spiro atoms. The molecule has 0 aromatic heterocycles. The highest BCUT2D eigenvalue weighted by atomic mass is 32.2. The van der Waals surface area contributed by atoms with E-state index in [1.165, 1.54) is 0 Å². The van der Waals surface area contributed by atoms with E-state index in [1.54, 1.807) is 24.3 Å². The largest absolute Gasteiger partial charge is 0.223 e. The predicted molar refractivity (Wildman–Crippen MR) is 49.1 cm³/mol. The normalized spacial score (nSPS) is 35.2. The van der Waals surface area contributed by atoms with Gasteiger partial charge in [0.05, 0.1) is 9.64 Å². The van der Waals surface area contributed by atoms with Crippen LogP contribution >= 0.6 is 0 Å². The highest BCUT2D eigenvalue weighted by Gasteiger charge is 2.77. The topological polar surface area (TPSA) is 34.1 Å². The molecule has 13 heavy (non-hydrogen) atoms. The Morgan fingerprint density at radius 2 is 1.69 bits per heavy atom. The van der Waals surface area contributed by atoms with E-state index in [4.69, 9.17) is 0 Å². The maximum atomic E-state index is 12.0. The predicted octanol–water partition coefficient (Wildman–Crippen LogP) is 1.62. The van der Waals surface area contributed by atoms with Crippen LogP contribution in [0.3, 0.4) is 0 Å². The molecule has 2 nitrogen and oxygen atoms in total. The van der Waals surface area contributed by atoms with E-state index in [2.05, 4.69) is 0 Å². The zero-order valence-corrected chi connectivity index (χ0v) is 7.92.